The summed E-state index contributed by atoms with van der Waals surface area (Å²) in [5.41, 5.74) is 7.00. The van der Waals surface area contributed by atoms with Crippen LogP contribution in [0.15, 0.2) is 18.2 Å². The average Bonchev–Trinajstić information content (AvgIpc) is 2.93. The minimum Gasteiger partial charge on any atom is -0.372 e. The van der Waals surface area contributed by atoms with Crippen LogP contribution in [0.3, 0.4) is 0 Å². The molecule has 2 aliphatic rings. The van der Waals surface area contributed by atoms with E-state index in [4.69, 9.17) is 10.6 Å². The molecule has 0 bridgehead atoms. The molecule has 1 aromatic rings. The first-order valence-corrected chi connectivity index (χ1v) is 7.52. The highest BCUT2D eigenvalue weighted by atomic mass is 16.5. The Kier molecular flexibility index (Phi) is 4.16. The van der Waals surface area contributed by atoms with Crippen LogP contribution in [0.5, 0.6) is 0 Å². The maximum atomic E-state index is 5.79. The van der Waals surface area contributed by atoms with Gasteiger partial charge in [-0.05, 0) is 29.0 Å². The van der Waals surface area contributed by atoms with Crippen LogP contribution in [0.25, 0.3) is 0 Å². The zero-order valence-corrected chi connectivity index (χ0v) is 11.5. The van der Waals surface area contributed by atoms with Gasteiger partial charge in [-0.2, -0.15) is 0 Å². The molecular formula is C16H24N2O. The molecule has 1 saturated carbocycles. The molecule has 1 aromatic carbocycles. The van der Waals surface area contributed by atoms with Crippen molar-refractivity contribution in [2.75, 3.05) is 0 Å². The lowest BCUT2D eigenvalue weighted by Crippen LogP contribution is -2.30. The largest absolute Gasteiger partial charge is 0.372 e. The number of benzene rings is 1. The van der Waals surface area contributed by atoms with Crippen molar-refractivity contribution >= 4 is 0 Å². The van der Waals surface area contributed by atoms with E-state index in [9.17, 15) is 0 Å². The van der Waals surface area contributed by atoms with Crippen molar-refractivity contribution < 1.29 is 4.74 Å². The SMILES string of the molecule is NNC(CC1CCCCC1)c1ccc2c(c1)COC2. The zero-order chi connectivity index (χ0) is 13.1. The first-order chi connectivity index (χ1) is 9.36. The smallest absolute Gasteiger partial charge is 0.0725 e. The van der Waals surface area contributed by atoms with Crippen molar-refractivity contribution in [1.82, 2.24) is 5.43 Å². The van der Waals surface area contributed by atoms with Gasteiger partial charge < -0.3 is 4.74 Å². The van der Waals surface area contributed by atoms with E-state index in [1.807, 2.05) is 0 Å². The molecule has 3 N–H and O–H groups in total. The second-order valence-corrected chi connectivity index (χ2v) is 5.98. The minimum atomic E-state index is 0.286. The quantitative estimate of drug-likeness (QED) is 0.645. The normalized spacial score (nSPS) is 21.3. The van der Waals surface area contributed by atoms with Gasteiger partial charge in [0.25, 0.3) is 0 Å². The fourth-order valence-corrected chi connectivity index (χ4v) is 3.47. The zero-order valence-electron chi connectivity index (χ0n) is 11.5. The summed E-state index contributed by atoms with van der Waals surface area (Å²) in [6, 6.07) is 6.97. The van der Waals surface area contributed by atoms with Crippen LogP contribution in [-0.2, 0) is 18.0 Å². The molecule has 19 heavy (non-hydrogen) atoms. The standard InChI is InChI=1S/C16H24N2O/c17-18-16(8-12-4-2-1-3-5-12)13-6-7-14-10-19-11-15(14)9-13/h6-7,9,12,16,18H,1-5,8,10-11,17H2. The van der Waals surface area contributed by atoms with Crippen LogP contribution >= 0.6 is 0 Å². The van der Waals surface area contributed by atoms with E-state index in [1.54, 1.807) is 0 Å². The average molecular weight is 260 g/mol. The summed E-state index contributed by atoms with van der Waals surface area (Å²) in [6.07, 6.45) is 8.09. The molecule has 1 fully saturated rings. The van der Waals surface area contributed by atoms with E-state index in [-0.39, 0.29) is 6.04 Å². The van der Waals surface area contributed by atoms with Gasteiger partial charge in [0.2, 0.25) is 0 Å². The van der Waals surface area contributed by atoms with Crippen LogP contribution in [0.2, 0.25) is 0 Å². The summed E-state index contributed by atoms with van der Waals surface area (Å²) in [7, 11) is 0. The highest BCUT2D eigenvalue weighted by Crippen LogP contribution is 2.32. The van der Waals surface area contributed by atoms with Crippen molar-refractivity contribution in [3.8, 4) is 0 Å². The predicted octanol–water partition coefficient (Wildman–Crippen LogP) is 3.19. The summed E-state index contributed by atoms with van der Waals surface area (Å²) >= 11 is 0. The molecule has 3 nitrogen and oxygen atoms in total. The molecule has 1 aliphatic heterocycles. The lowest BCUT2D eigenvalue weighted by atomic mass is 9.83. The van der Waals surface area contributed by atoms with Crippen LogP contribution in [0.1, 0.15) is 61.3 Å². The predicted molar refractivity (Wildman–Crippen MR) is 76.2 cm³/mol. The lowest BCUT2D eigenvalue weighted by molar-refractivity contribution is 0.134. The van der Waals surface area contributed by atoms with Gasteiger partial charge in [-0.15, -0.1) is 0 Å². The molecule has 0 amide bonds. The number of hydrazine groups is 1. The fraction of sp³-hybridized carbons (Fsp3) is 0.625. The van der Waals surface area contributed by atoms with E-state index in [0.717, 1.165) is 25.6 Å². The second kappa shape index (κ2) is 6.04. The lowest BCUT2D eigenvalue weighted by Gasteiger charge is -2.26. The summed E-state index contributed by atoms with van der Waals surface area (Å²) in [5.74, 6) is 6.62. The van der Waals surface area contributed by atoms with Crippen LogP contribution in [0.4, 0.5) is 0 Å². The first-order valence-electron chi connectivity index (χ1n) is 7.52. The van der Waals surface area contributed by atoms with Crippen molar-refractivity contribution in [1.29, 1.82) is 0 Å². The maximum Gasteiger partial charge on any atom is 0.0725 e. The molecule has 3 rings (SSSR count). The Hall–Kier alpha value is -0.900. The van der Waals surface area contributed by atoms with E-state index in [0.29, 0.717) is 0 Å². The van der Waals surface area contributed by atoms with Gasteiger partial charge in [-0.1, -0.05) is 50.3 Å². The third-order valence-corrected chi connectivity index (χ3v) is 4.64. The van der Waals surface area contributed by atoms with Gasteiger partial charge in [-0.25, -0.2) is 0 Å². The van der Waals surface area contributed by atoms with Gasteiger partial charge in [0.05, 0.1) is 13.2 Å². The third-order valence-electron chi connectivity index (χ3n) is 4.64. The van der Waals surface area contributed by atoms with Gasteiger partial charge in [0, 0.05) is 6.04 Å². The van der Waals surface area contributed by atoms with Gasteiger partial charge in [0.1, 0.15) is 0 Å². The Balaban J connectivity index is 1.70. The topological polar surface area (TPSA) is 47.3 Å². The number of hydrogen-bond acceptors (Lipinski definition) is 3. The summed E-state index contributed by atoms with van der Waals surface area (Å²) < 4.78 is 5.48. The second-order valence-electron chi connectivity index (χ2n) is 5.98. The summed E-state index contributed by atoms with van der Waals surface area (Å²) in [5, 5.41) is 0. The Morgan fingerprint density at radius 1 is 1.16 bits per heavy atom. The number of nitrogens with one attached hydrogen (secondary N) is 1. The maximum absolute atomic E-state index is 5.79. The van der Waals surface area contributed by atoms with Crippen molar-refractivity contribution in [2.24, 2.45) is 11.8 Å². The Morgan fingerprint density at radius 2 is 1.95 bits per heavy atom. The Labute approximate surface area is 115 Å². The van der Waals surface area contributed by atoms with Gasteiger partial charge in [-0.3, -0.25) is 11.3 Å². The van der Waals surface area contributed by atoms with Crippen molar-refractivity contribution in [3.63, 3.8) is 0 Å². The molecule has 1 unspecified atom stereocenters. The minimum absolute atomic E-state index is 0.286. The Bertz CT molecular complexity index is 427. The molecule has 104 valence electrons. The molecule has 3 heteroatoms. The number of nitrogens with two attached hydrogens (primary N) is 1. The molecule has 0 spiro atoms. The van der Waals surface area contributed by atoms with E-state index >= 15 is 0 Å². The first kappa shape index (κ1) is 13.1. The number of hydrogen-bond donors (Lipinski definition) is 2. The van der Waals surface area contributed by atoms with Crippen molar-refractivity contribution in [3.05, 3.63) is 34.9 Å². The molecule has 1 aliphatic carbocycles. The fourth-order valence-electron chi connectivity index (χ4n) is 3.47. The third kappa shape index (κ3) is 2.99. The van der Waals surface area contributed by atoms with E-state index in [1.165, 1.54) is 48.8 Å². The molecule has 1 heterocycles. The van der Waals surface area contributed by atoms with Gasteiger partial charge in [0.15, 0.2) is 0 Å². The molecule has 0 saturated heterocycles. The molecule has 0 aromatic heterocycles. The van der Waals surface area contributed by atoms with Crippen LogP contribution in [0, 0.1) is 5.92 Å². The number of fused-ring (bicyclic) bond motifs is 1. The molecular weight excluding hydrogens is 236 g/mol. The Morgan fingerprint density at radius 3 is 2.74 bits per heavy atom. The number of ether oxygens (including phenoxy) is 1. The monoisotopic (exact) mass is 260 g/mol. The molecule has 0 radical (unpaired) electrons. The van der Waals surface area contributed by atoms with Crippen LogP contribution in [-0.4, -0.2) is 0 Å². The highest BCUT2D eigenvalue weighted by molar-refractivity contribution is 5.34. The number of rotatable bonds is 4. The summed E-state index contributed by atoms with van der Waals surface area (Å²) in [6.45, 7) is 1.52. The van der Waals surface area contributed by atoms with E-state index in [2.05, 4.69) is 23.6 Å². The van der Waals surface area contributed by atoms with Crippen molar-refractivity contribution in [2.45, 2.75) is 57.8 Å². The summed E-state index contributed by atoms with van der Waals surface area (Å²) in [4.78, 5) is 0. The van der Waals surface area contributed by atoms with Gasteiger partial charge >= 0.3 is 0 Å². The van der Waals surface area contributed by atoms with Crippen LogP contribution < -0.4 is 11.3 Å². The highest BCUT2D eigenvalue weighted by Gasteiger charge is 2.21. The van der Waals surface area contributed by atoms with E-state index < -0.39 is 0 Å². The molecule has 1 atom stereocenters.